The molecule has 1 aromatic heterocycles. The molecule has 0 amide bonds. The van der Waals surface area contributed by atoms with Crippen molar-refractivity contribution in [2.45, 2.75) is 6.92 Å². The maximum Gasteiger partial charge on any atom is 0.255 e. The first-order chi connectivity index (χ1) is 11.1. The molecular weight excluding hydrogens is 347 g/mol. The summed E-state index contributed by atoms with van der Waals surface area (Å²) in [6, 6.07) is 13.5. The van der Waals surface area contributed by atoms with Crippen LogP contribution in [0.25, 0.3) is 22.0 Å². The highest BCUT2D eigenvalue weighted by atomic mass is 35.5. The predicted molar refractivity (Wildman–Crippen MR) is 92.6 cm³/mol. The second-order valence-corrected chi connectivity index (χ2v) is 5.66. The largest absolute Gasteiger partial charge is 1.00 e. The highest BCUT2D eigenvalue weighted by Gasteiger charge is 2.26. The summed E-state index contributed by atoms with van der Waals surface area (Å²) < 4.78 is 12.7. The first-order valence-electron chi connectivity index (χ1n) is 7.18. The van der Waals surface area contributed by atoms with E-state index < -0.39 is 0 Å². The van der Waals surface area contributed by atoms with Crippen LogP contribution < -0.4 is 32.4 Å². The first kappa shape index (κ1) is 18.2. The Morgan fingerprint density at radius 3 is 2.38 bits per heavy atom. The third kappa shape index (κ3) is 2.83. The van der Waals surface area contributed by atoms with Gasteiger partial charge in [0.15, 0.2) is 11.5 Å². The van der Waals surface area contributed by atoms with E-state index in [-0.39, 0.29) is 12.4 Å². The molecule has 6 heteroatoms. The average Bonchev–Trinajstić information content (AvgIpc) is 2.56. The summed E-state index contributed by atoms with van der Waals surface area (Å²) in [6.45, 7) is 1.95. The van der Waals surface area contributed by atoms with Crippen molar-refractivity contribution in [3.05, 3.63) is 53.2 Å². The molecule has 0 fully saturated rings. The van der Waals surface area contributed by atoms with Crippen LogP contribution in [0.4, 0.5) is 0 Å². The molecule has 0 saturated carbocycles. The number of benzene rings is 2. The quantitative estimate of drug-likeness (QED) is 0.543. The lowest BCUT2D eigenvalue weighted by Gasteiger charge is -2.13. The Hall–Kier alpha value is -2.17. The molecule has 3 rings (SSSR count). The molecule has 4 nitrogen and oxygen atoms in total. The Morgan fingerprint density at radius 1 is 1.04 bits per heavy atom. The molecule has 0 atom stereocenters. The number of hydrogen-bond donors (Lipinski definition) is 1. The normalized spacial score (nSPS) is 10.3. The average molecular weight is 365 g/mol. The van der Waals surface area contributed by atoms with Crippen LogP contribution in [-0.2, 0) is 0 Å². The van der Waals surface area contributed by atoms with Gasteiger partial charge in [0, 0.05) is 13.0 Å². The number of hydrogen-bond acceptors (Lipinski definition) is 3. The van der Waals surface area contributed by atoms with Gasteiger partial charge in [-0.15, -0.1) is 0 Å². The molecule has 2 aromatic carbocycles. The number of nitrogens with two attached hydrogens (primary N) is 1. The summed E-state index contributed by atoms with van der Waals surface area (Å²) in [5, 5.41) is 2.51. The number of rotatable bonds is 3. The summed E-state index contributed by atoms with van der Waals surface area (Å²) in [4.78, 5) is 0. The zero-order valence-electron chi connectivity index (χ0n) is 13.6. The van der Waals surface area contributed by atoms with Crippen LogP contribution in [0, 0.1) is 6.92 Å². The summed E-state index contributed by atoms with van der Waals surface area (Å²) in [5.74, 6) is 7.61. The van der Waals surface area contributed by atoms with Crippen LogP contribution in [0.5, 0.6) is 11.5 Å². The minimum Gasteiger partial charge on any atom is -1.00 e. The monoisotopic (exact) mass is 364 g/mol. The minimum absolute atomic E-state index is 0. The van der Waals surface area contributed by atoms with E-state index in [2.05, 4.69) is 0 Å². The van der Waals surface area contributed by atoms with Crippen LogP contribution >= 0.6 is 11.6 Å². The number of methoxy groups -OCH3 is 2. The molecular formula is C18H18Cl2N2O2. The lowest BCUT2D eigenvalue weighted by molar-refractivity contribution is -0.632. The van der Waals surface area contributed by atoms with E-state index in [0.29, 0.717) is 16.5 Å². The first-order valence-corrected chi connectivity index (χ1v) is 7.56. The molecule has 0 saturated heterocycles. The number of fused-ring (bicyclic) bond motifs is 1. The molecule has 2 N–H and O–H groups in total. The molecule has 0 aliphatic heterocycles. The second-order valence-electron chi connectivity index (χ2n) is 5.25. The fraction of sp³-hybridized carbons (Fsp3) is 0.167. The smallest absolute Gasteiger partial charge is 0.255 e. The van der Waals surface area contributed by atoms with Gasteiger partial charge in [-0.25, -0.2) is 5.84 Å². The van der Waals surface area contributed by atoms with Crippen LogP contribution in [0.2, 0.25) is 5.02 Å². The van der Waals surface area contributed by atoms with Gasteiger partial charge in [-0.3, -0.25) is 0 Å². The molecule has 3 aromatic rings. The predicted octanol–water partition coefficient (Wildman–Crippen LogP) is 0.491. The topological polar surface area (TPSA) is 48.4 Å². The van der Waals surface area contributed by atoms with Crippen molar-refractivity contribution in [2.24, 2.45) is 0 Å². The lowest BCUT2D eigenvalue weighted by Crippen LogP contribution is -3.00. The molecule has 24 heavy (non-hydrogen) atoms. The van der Waals surface area contributed by atoms with Gasteiger partial charge >= 0.3 is 0 Å². The third-order valence-electron chi connectivity index (χ3n) is 3.93. The van der Waals surface area contributed by atoms with E-state index in [1.165, 1.54) is 0 Å². The van der Waals surface area contributed by atoms with Gasteiger partial charge in [0.2, 0.25) is 5.69 Å². The molecule has 0 aliphatic rings. The van der Waals surface area contributed by atoms with E-state index >= 15 is 0 Å². The molecule has 0 unspecified atom stereocenters. The molecule has 0 radical (unpaired) electrons. The van der Waals surface area contributed by atoms with E-state index in [0.717, 1.165) is 27.7 Å². The maximum absolute atomic E-state index is 6.41. The van der Waals surface area contributed by atoms with Crippen molar-refractivity contribution in [3.63, 3.8) is 0 Å². The number of halogens is 2. The molecule has 0 spiro atoms. The summed E-state index contributed by atoms with van der Waals surface area (Å²) in [5.41, 5.74) is 2.55. The van der Waals surface area contributed by atoms with Crippen molar-refractivity contribution >= 4 is 22.4 Å². The summed E-state index contributed by atoms with van der Waals surface area (Å²) in [7, 11) is 3.23. The minimum atomic E-state index is 0. The van der Waals surface area contributed by atoms with Gasteiger partial charge < -0.3 is 21.9 Å². The molecule has 1 heterocycles. The molecule has 0 bridgehead atoms. The van der Waals surface area contributed by atoms with Crippen LogP contribution in [0.15, 0.2) is 42.5 Å². The van der Waals surface area contributed by atoms with Crippen molar-refractivity contribution in [1.29, 1.82) is 0 Å². The molecule has 0 aliphatic carbocycles. The summed E-state index contributed by atoms with van der Waals surface area (Å²) in [6.07, 6.45) is 0. The lowest BCUT2D eigenvalue weighted by atomic mass is 10.0. The zero-order chi connectivity index (χ0) is 16.6. The van der Waals surface area contributed by atoms with Crippen molar-refractivity contribution in [3.8, 4) is 22.8 Å². The standard InChI is InChI=1S/C18H18ClN2O2.ClH/c1-11-10-12-8-9-15(22-2)18(23-3)16(12)17(21(11)20)13-6-4-5-7-14(13)19;/h4-10H,20H2,1-3H3;1H/q+1;/p-1. The number of ether oxygens (including phenoxy) is 2. The highest BCUT2D eigenvalue weighted by Crippen LogP contribution is 2.41. The van der Waals surface area contributed by atoms with Gasteiger partial charge in [-0.05, 0) is 29.7 Å². The van der Waals surface area contributed by atoms with Gasteiger partial charge in [0.25, 0.3) is 5.69 Å². The Morgan fingerprint density at radius 2 is 1.75 bits per heavy atom. The number of aromatic nitrogens is 1. The Bertz CT molecular complexity index is 898. The van der Waals surface area contributed by atoms with E-state index in [4.69, 9.17) is 26.9 Å². The SMILES string of the molecule is COc1ccc2cc(C)[n+](N)c(-c3ccccc3Cl)c2c1OC.[Cl-]. The van der Waals surface area contributed by atoms with E-state index in [1.54, 1.807) is 18.9 Å². The maximum atomic E-state index is 6.41. The number of nitrogen functional groups attached to an aromatic ring is 1. The van der Waals surface area contributed by atoms with Gasteiger partial charge in [0.1, 0.15) is 5.39 Å². The summed E-state index contributed by atoms with van der Waals surface area (Å²) >= 11 is 6.41. The van der Waals surface area contributed by atoms with Crippen molar-refractivity contribution < 1.29 is 26.6 Å². The Labute approximate surface area is 152 Å². The van der Waals surface area contributed by atoms with Crippen molar-refractivity contribution in [2.75, 3.05) is 20.1 Å². The Kier molecular flexibility index (Phi) is 5.42. The highest BCUT2D eigenvalue weighted by molar-refractivity contribution is 6.33. The van der Waals surface area contributed by atoms with E-state index in [9.17, 15) is 0 Å². The number of nitrogens with zero attached hydrogens (tertiary/aromatic N) is 1. The van der Waals surface area contributed by atoms with Crippen LogP contribution in [0.3, 0.4) is 0 Å². The van der Waals surface area contributed by atoms with Crippen molar-refractivity contribution in [1.82, 2.24) is 0 Å². The zero-order valence-corrected chi connectivity index (χ0v) is 15.2. The van der Waals surface area contributed by atoms with Crippen LogP contribution in [-0.4, -0.2) is 14.2 Å². The number of pyridine rings is 1. The fourth-order valence-corrected chi connectivity index (χ4v) is 3.04. The number of aryl methyl sites for hydroxylation is 1. The fourth-order valence-electron chi connectivity index (χ4n) is 2.82. The van der Waals surface area contributed by atoms with Gasteiger partial charge in [-0.1, -0.05) is 28.4 Å². The van der Waals surface area contributed by atoms with Gasteiger partial charge in [0.05, 0.1) is 24.8 Å². The second kappa shape index (κ2) is 7.16. The Balaban J connectivity index is 0.00000208. The third-order valence-corrected chi connectivity index (χ3v) is 4.26. The van der Waals surface area contributed by atoms with Crippen LogP contribution in [0.1, 0.15) is 5.69 Å². The molecule has 126 valence electrons. The van der Waals surface area contributed by atoms with Gasteiger partial charge in [-0.2, -0.15) is 0 Å². The van der Waals surface area contributed by atoms with E-state index in [1.807, 2.05) is 49.4 Å².